The highest BCUT2D eigenvalue weighted by atomic mass is 16.5. The number of hydrogen-bond donors (Lipinski definition) is 2. The summed E-state index contributed by atoms with van der Waals surface area (Å²) in [5, 5.41) is 6.21. The molecule has 2 amide bonds. The first-order valence-electron chi connectivity index (χ1n) is 14.5. The summed E-state index contributed by atoms with van der Waals surface area (Å²) < 4.78 is 5.43. The summed E-state index contributed by atoms with van der Waals surface area (Å²) in [6, 6.07) is 16.6. The molecule has 2 heterocycles. The Morgan fingerprint density at radius 2 is 1.68 bits per heavy atom. The van der Waals surface area contributed by atoms with Crippen molar-refractivity contribution >= 4 is 23.2 Å². The third kappa shape index (κ3) is 7.14. The van der Waals surface area contributed by atoms with E-state index in [2.05, 4.69) is 50.8 Å². The molecular formula is C31H42N4O3. The standard InChI is InChI=1S/C31H42N4O3/c36-30(26-8-4-9-26)33-27-10-11-29(35-16-12-25(13-17-35)22-24-6-2-1-3-7-24)28(23-27)31(37)32-14-5-15-34-18-20-38-21-19-34/h1-3,6-7,10-11,23,25-26H,4-5,8-9,12-22H2,(H,32,37)(H,33,36). The summed E-state index contributed by atoms with van der Waals surface area (Å²) in [6.45, 7) is 6.96. The fraction of sp³-hybridized carbons (Fsp3) is 0.548. The van der Waals surface area contributed by atoms with Gasteiger partial charge in [0.05, 0.1) is 18.8 Å². The Bertz CT molecular complexity index is 1060. The van der Waals surface area contributed by atoms with Crippen LogP contribution in [0.2, 0.25) is 0 Å². The van der Waals surface area contributed by atoms with Gasteiger partial charge < -0.3 is 20.3 Å². The minimum Gasteiger partial charge on any atom is -0.379 e. The second-order valence-electron chi connectivity index (χ2n) is 11.0. The van der Waals surface area contributed by atoms with Gasteiger partial charge in [0.1, 0.15) is 0 Å². The van der Waals surface area contributed by atoms with E-state index in [0.29, 0.717) is 23.7 Å². The lowest BCUT2D eigenvalue weighted by atomic mass is 9.85. The number of piperidine rings is 1. The predicted octanol–water partition coefficient (Wildman–Crippen LogP) is 4.34. The first-order chi connectivity index (χ1) is 18.7. The van der Waals surface area contributed by atoms with Crippen LogP contribution in [-0.4, -0.2) is 69.2 Å². The molecule has 0 spiro atoms. The number of amides is 2. The fourth-order valence-corrected chi connectivity index (χ4v) is 5.74. The van der Waals surface area contributed by atoms with Crippen molar-refractivity contribution < 1.29 is 14.3 Å². The number of morpholine rings is 1. The topological polar surface area (TPSA) is 73.9 Å². The molecule has 0 aromatic heterocycles. The van der Waals surface area contributed by atoms with E-state index < -0.39 is 0 Å². The summed E-state index contributed by atoms with van der Waals surface area (Å²) in [5.41, 5.74) is 3.73. The van der Waals surface area contributed by atoms with Gasteiger partial charge in [-0.1, -0.05) is 36.8 Å². The summed E-state index contributed by atoms with van der Waals surface area (Å²) in [5.74, 6) is 0.777. The van der Waals surface area contributed by atoms with Crippen LogP contribution in [0.25, 0.3) is 0 Å². The Kier molecular flexibility index (Phi) is 9.31. The number of nitrogens with zero attached hydrogens (tertiary/aromatic N) is 2. The fourth-order valence-electron chi connectivity index (χ4n) is 5.74. The van der Waals surface area contributed by atoms with Crippen LogP contribution in [0.5, 0.6) is 0 Å². The van der Waals surface area contributed by atoms with Crippen LogP contribution in [0.4, 0.5) is 11.4 Å². The molecule has 2 saturated heterocycles. The quantitative estimate of drug-likeness (QED) is 0.458. The maximum absolute atomic E-state index is 13.4. The van der Waals surface area contributed by atoms with Crippen LogP contribution in [0.15, 0.2) is 48.5 Å². The van der Waals surface area contributed by atoms with Crippen molar-refractivity contribution in [2.24, 2.45) is 11.8 Å². The highest BCUT2D eigenvalue weighted by Crippen LogP contribution is 2.32. The molecule has 0 bridgehead atoms. The molecule has 1 aliphatic carbocycles. The number of carbonyl (C=O) groups excluding carboxylic acids is 2. The number of ether oxygens (including phenoxy) is 1. The zero-order valence-corrected chi connectivity index (χ0v) is 22.5. The van der Waals surface area contributed by atoms with Crippen molar-refractivity contribution in [1.29, 1.82) is 0 Å². The average Bonchev–Trinajstić information content (AvgIpc) is 2.92. The largest absolute Gasteiger partial charge is 0.379 e. The van der Waals surface area contributed by atoms with Gasteiger partial charge in [0.15, 0.2) is 0 Å². The molecule has 38 heavy (non-hydrogen) atoms. The lowest BCUT2D eigenvalue weighted by Gasteiger charge is -2.35. The Balaban J connectivity index is 1.22. The third-order valence-electron chi connectivity index (χ3n) is 8.35. The second kappa shape index (κ2) is 13.3. The van der Waals surface area contributed by atoms with E-state index in [1.54, 1.807) is 0 Å². The molecule has 7 heteroatoms. The zero-order chi connectivity index (χ0) is 26.2. The molecule has 0 unspecified atom stereocenters. The zero-order valence-electron chi connectivity index (χ0n) is 22.5. The van der Waals surface area contributed by atoms with Gasteiger partial charge in [0.25, 0.3) is 5.91 Å². The van der Waals surface area contributed by atoms with Crippen molar-refractivity contribution in [2.45, 2.75) is 44.9 Å². The number of hydrogen-bond acceptors (Lipinski definition) is 5. The van der Waals surface area contributed by atoms with Crippen LogP contribution in [0.1, 0.15) is 54.4 Å². The van der Waals surface area contributed by atoms with Gasteiger partial charge in [-0.15, -0.1) is 0 Å². The molecule has 3 fully saturated rings. The van der Waals surface area contributed by atoms with Crippen molar-refractivity contribution in [3.63, 3.8) is 0 Å². The van der Waals surface area contributed by atoms with Gasteiger partial charge in [-0.05, 0) is 74.8 Å². The molecular weight excluding hydrogens is 476 g/mol. The Labute approximate surface area is 226 Å². The van der Waals surface area contributed by atoms with E-state index in [-0.39, 0.29) is 17.7 Å². The van der Waals surface area contributed by atoms with Gasteiger partial charge in [-0.3, -0.25) is 14.5 Å². The highest BCUT2D eigenvalue weighted by Gasteiger charge is 2.27. The number of nitrogens with one attached hydrogen (secondary N) is 2. The molecule has 2 N–H and O–H groups in total. The van der Waals surface area contributed by atoms with Crippen molar-refractivity contribution in [1.82, 2.24) is 10.2 Å². The molecule has 204 valence electrons. The maximum Gasteiger partial charge on any atom is 0.253 e. The Morgan fingerprint density at radius 3 is 2.39 bits per heavy atom. The summed E-state index contributed by atoms with van der Waals surface area (Å²) >= 11 is 0. The number of benzene rings is 2. The van der Waals surface area contributed by atoms with Crippen molar-refractivity contribution in [2.75, 3.05) is 62.7 Å². The van der Waals surface area contributed by atoms with Crippen LogP contribution < -0.4 is 15.5 Å². The molecule has 0 radical (unpaired) electrons. The van der Waals surface area contributed by atoms with Gasteiger partial charge in [-0.2, -0.15) is 0 Å². The number of carbonyl (C=O) groups is 2. The molecule has 1 saturated carbocycles. The van der Waals surface area contributed by atoms with E-state index in [9.17, 15) is 9.59 Å². The van der Waals surface area contributed by atoms with Crippen LogP contribution in [0, 0.1) is 11.8 Å². The van der Waals surface area contributed by atoms with Crippen LogP contribution in [0.3, 0.4) is 0 Å². The summed E-state index contributed by atoms with van der Waals surface area (Å²) in [6.07, 6.45) is 7.26. The smallest absolute Gasteiger partial charge is 0.253 e. The van der Waals surface area contributed by atoms with E-state index in [4.69, 9.17) is 4.74 Å². The first kappa shape index (κ1) is 26.7. The van der Waals surface area contributed by atoms with E-state index in [0.717, 1.165) is 96.6 Å². The van der Waals surface area contributed by atoms with Gasteiger partial charge in [0, 0.05) is 50.0 Å². The van der Waals surface area contributed by atoms with E-state index in [1.165, 1.54) is 5.56 Å². The van der Waals surface area contributed by atoms with Crippen molar-refractivity contribution in [3.8, 4) is 0 Å². The SMILES string of the molecule is O=C(NCCCN1CCOCC1)c1cc(NC(=O)C2CCC2)ccc1N1CCC(Cc2ccccc2)CC1. The molecule has 5 rings (SSSR count). The van der Waals surface area contributed by atoms with Gasteiger partial charge in [0.2, 0.25) is 5.91 Å². The highest BCUT2D eigenvalue weighted by molar-refractivity contribution is 6.02. The molecule has 2 aromatic rings. The summed E-state index contributed by atoms with van der Waals surface area (Å²) in [4.78, 5) is 30.7. The normalized spacial score (nSPS) is 19.1. The van der Waals surface area contributed by atoms with E-state index in [1.807, 2.05) is 18.2 Å². The van der Waals surface area contributed by atoms with Crippen LogP contribution >= 0.6 is 0 Å². The van der Waals surface area contributed by atoms with E-state index >= 15 is 0 Å². The first-order valence-corrected chi connectivity index (χ1v) is 14.5. The average molecular weight is 519 g/mol. The third-order valence-corrected chi connectivity index (χ3v) is 8.35. The van der Waals surface area contributed by atoms with Crippen LogP contribution in [-0.2, 0) is 16.0 Å². The molecule has 2 aliphatic heterocycles. The number of anilines is 2. The number of rotatable bonds is 10. The minimum atomic E-state index is -0.0619. The van der Waals surface area contributed by atoms with Crippen molar-refractivity contribution in [3.05, 3.63) is 59.7 Å². The maximum atomic E-state index is 13.4. The predicted molar refractivity (Wildman–Crippen MR) is 152 cm³/mol. The Morgan fingerprint density at radius 1 is 0.921 bits per heavy atom. The summed E-state index contributed by atoms with van der Waals surface area (Å²) in [7, 11) is 0. The lowest BCUT2D eigenvalue weighted by molar-refractivity contribution is -0.122. The van der Waals surface area contributed by atoms with Gasteiger partial charge >= 0.3 is 0 Å². The molecule has 3 aliphatic rings. The van der Waals surface area contributed by atoms with Gasteiger partial charge in [-0.25, -0.2) is 0 Å². The Hall–Kier alpha value is -2.90. The molecule has 0 atom stereocenters. The monoisotopic (exact) mass is 518 g/mol. The second-order valence-corrected chi connectivity index (χ2v) is 11.0. The lowest BCUT2D eigenvalue weighted by Crippen LogP contribution is -2.38. The molecule has 7 nitrogen and oxygen atoms in total. The minimum absolute atomic E-state index is 0.0619. The molecule has 2 aromatic carbocycles.